The first-order chi connectivity index (χ1) is 16.4. The summed E-state index contributed by atoms with van der Waals surface area (Å²) in [5, 5.41) is 2.71. The van der Waals surface area contributed by atoms with Crippen molar-refractivity contribution in [3.8, 4) is 17.2 Å². The van der Waals surface area contributed by atoms with Crippen molar-refractivity contribution in [3.05, 3.63) is 78.9 Å². The number of hydrogen-bond acceptors (Lipinski definition) is 6. The number of methoxy groups -OCH3 is 1. The fourth-order valence-electron chi connectivity index (χ4n) is 3.13. The van der Waals surface area contributed by atoms with E-state index in [1.165, 1.54) is 12.1 Å². The zero-order valence-corrected chi connectivity index (χ0v) is 20.0. The molecule has 0 fully saturated rings. The average Bonchev–Trinajstić information content (AvgIpc) is 2.87. The first kappa shape index (κ1) is 24.9. The molecule has 3 aromatic rings. The summed E-state index contributed by atoms with van der Waals surface area (Å²) in [4.78, 5) is 12.8. The maximum atomic E-state index is 13.3. The molecule has 180 valence electrons. The van der Waals surface area contributed by atoms with Crippen LogP contribution in [-0.2, 0) is 14.8 Å². The molecular formula is C25H28N2O6S. The van der Waals surface area contributed by atoms with Crippen molar-refractivity contribution in [2.45, 2.75) is 11.8 Å². The molecule has 0 radical (unpaired) electrons. The summed E-state index contributed by atoms with van der Waals surface area (Å²) in [5.41, 5.74) is 0.358. The van der Waals surface area contributed by atoms with Crippen LogP contribution in [0.2, 0.25) is 0 Å². The van der Waals surface area contributed by atoms with E-state index in [1.807, 2.05) is 6.92 Å². The minimum atomic E-state index is -3.97. The van der Waals surface area contributed by atoms with Crippen molar-refractivity contribution in [2.75, 3.05) is 37.7 Å². The minimum Gasteiger partial charge on any atom is -0.497 e. The molecule has 0 saturated heterocycles. The second kappa shape index (κ2) is 11.9. The molecule has 3 rings (SSSR count). The Morgan fingerprint density at radius 2 is 1.44 bits per heavy atom. The third-order valence-corrected chi connectivity index (χ3v) is 6.59. The van der Waals surface area contributed by atoms with E-state index in [2.05, 4.69) is 5.32 Å². The molecule has 0 aliphatic heterocycles. The lowest BCUT2D eigenvalue weighted by atomic mass is 10.3. The normalized spacial score (nSPS) is 10.9. The highest BCUT2D eigenvalue weighted by Crippen LogP contribution is 2.25. The van der Waals surface area contributed by atoms with Gasteiger partial charge in [-0.25, -0.2) is 8.42 Å². The number of amides is 1. The highest BCUT2D eigenvalue weighted by molar-refractivity contribution is 7.92. The number of nitrogens with zero attached hydrogens (tertiary/aromatic N) is 1. The summed E-state index contributed by atoms with van der Waals surface area (Å²) in [6.07, 6.45) is 0. The van der Waals surface area contributed by atoms with Crippen LogP contribution in [0, 0.1) is 0 Å². The summed E-state index contributed by atoms with van der Waals surface area (Å²) in [7, 11) is -2.38. The smallest absolute Gasteiger partial charge is 0.264 e. The van der Waals surface area contributed by atoms with Crippen LogP contribution in [0.5, 0.6) is 17.2 Å². The van der Waals surface area contributed by atoms with Gasteiger partial charge in [0, 0.05) is 0 Å². The third kappa shape index (κ3) is 6.64. The molecule has 3 aromatic carbocycles. The van der Waals surface area contributed by atoms with Crippen LogP contribution < -0.4 is 23.8 Å². The van der Waals surface area contributed by atoms with E-state index in [-0.39, 0.29) is 24.6 Å². The zero-order valence-electron chi connectivity index (χ0n) is 19.1. The number of benzene rings is 3. The Bertz CT molecular complexity index is 1150. The predicted molar refractivity (Wildman–Crippen MR) is 130 cm³/mol. The monoisotopic (exact) mass is 484 g/mol. The molecule has 0 atom stereocenters. The van der Waals surface area contributed by atoms with Gasteiger partial charge in [-0.3, -0.25) is 9.10 Å². The lowest BCUT2D eigenvalue weighted by Gasteiger charge is -2.24. The fourth-order valence-corrected chi connectivity index (χ4v) is 4.57. The molecular weight excluding hydrogens is 456 g/mol. The molecule has 0 spiro atoms. The second-order valence-corrected chi connectivity index (χ2v) is 8.99. The molecule has 0 heterocycles. The van der Waals surface area contributed by atoms with Crippen molar-refractivity contribution in [1.29, 1.82) is 0 Å². The van der Waals surface area contributed by atoms with Crippen LogP contribution in [0.4, 0.5) is 5.69 Å². The average molecular weight is 485 g/mol. The molecule has 9 heteroatoms. The standard InChI is InChI=1S/C25H28N2O6S/c1-3-32-22-11-9-20(10-12-22)27(34(29,30)24-7-5-4-6-8-24)19-25(28)26-17-18-33-23-15-13-21(31-2)14-16-23/h4-16H,3,17-19H2,1-2H3,(H,26,28). The Labute approximate surface area is 200 Å². The Kier molecular flexibility index (Phi) is 8.75. The summed E-state index contributed by atoms with van der Waals surface area (Å²) in [6.45, 7) is 2.42. The van der Waals surface area contributed by atoms with Crippen molar-refractivity contribution < 1.29 is 27.4 Å². The Morgan fingerprint density at radius 1 is 0.853 bits per heavy atom. The molecule has 8 nitrogen and oxygen atoms in total. The molecule has 0 bridgehead atoms. The van der Waals surface area contributed by atoms with Gasteiger partial charge in [-0.15, -0.1) is 0 Å². The highest BCUT2D eigenvalue weighted by Gasteiger charge is 2.27. The minimum absolute atomic E-state index is 0.0968. The number of hydrogen-bond donors (Lipinski definition) is 1. The van der Waals surface area contributed by atoms with Crippen molar-refractivity contribution >= 4 is 21.6 Å². The molecule has 0 aliphatic rings. The summed E-state index contributed by atoms with van der Waals surface area (Å²) < 4.78 is 43.9. The van der Waals surface area contributed by atoms with Gasteiger partial charge >= 0.3 is 0 Å². The van der Waals surface area contributed by atoms with Crippen molar-refractivity contribution in [2.24, 2.45) is 0 Å². The highest BCUT2D eigenvalue weighted by atomic mass is 32.2. The SMILES string of the molecule is CCOc1ccc(N(CC(=O)NCCOc2ccc(OC)cc2)S(=O)(=O)c2ccccc2)cc1. The van der Waals surface area contributed by atoms with E-state index in [1.54, 1.807) is 73.8 Å². The first-order valence-corrected chi connectivity index (χ1v) is 12.2. The topological polar surface area (TPSA) is 94.2 Å². The van der Waals surface area contributed by atoms with Gasteiger partial charge in [-0.05, 0) is 67.6 Å². The Balaban J connectivity index is 1.67. The van der Waals surface area contributed by atoms with E-state index in [4.69, 9.17) is 14.2 Å². The Hall–Kier alpha value is -3.72. The lowest BCUT2D eigenvalue weighted by molar-refractivity contribution is -0.119. The van der Waals surface area contributed by atoms with Crippen LogP contribution in [0.3, 0.4) is 0 Å². The zero-order chi connectivity index (χ0) is 24.4. The first-order valence-electron chi connectivity index (χ1n) is 10.8. The number of sulfonamides is 1. The van der Waals surface area contributed by atoms with Gasteiger partial charge in [0.05, 0.1) is 30.8 Å². The quantitative estimate of drug-likeness (QED) is 0.396. The third-order valence-electron chi connectivity index (χ3n) is 4.81. The molecule has 0 saturated carbocycles. The van der Waals surface area contributed by atoms with Gasteiger partial charge < -0.3 is 19.5 Å². The van der Waals surface area contributed by atoms with Crippen LogP contribution in [0.1, 0.15) is 6.92 Å². The second-order valence-electron chi connectivity index (χ2n) is 7.13. The molecule has 0 aromatic heterocycles. The van der Waals surface area contributed by atoms with Crippen LogP contribution >= 0.6 is 0 Å². The maximum Gasteiger partial charge on any atom is 0.264 e. The Morgan fingerprint density at radius 3 is 2.06 bits per heavy atom. The van der Waals surface area contributed by atoms with Gasteiger partial charge in [0.2, 0.25) is 5.91 Å². The van der Waals surface area contributed by atoms with E-state index in [0.29, 0.717) is 23.8 Å². The summed E-state index contributed by atoms with van der Waals surface area (Å²) in [5.74, 6) is 1.52. The number of anilines is 1. The van der Waals surface area contributed by atoms with Crippen LogP contribution in [-0.4, -0.2) is 47.7 Å². The molecule has 1 N–H and O–H groups in total. The number of nitrogens with one attached hydrogen (secondary N) is 1. The van der Waals surface area contributed by atoms with E-state index < -0.39 is 15.9 Å². The van der Waals surface area contributed by atoms with Gasteiger partial charge in [-0.1, -0.05) is 18.2 Å². The summed E-state index contributed by atoms with van der Waals surface area (Å²) >= 11 is 0. The molecule has 34 heavy (non-hydrogen) atoms. The van der Waals surface area contributed by atoms with Gasteiger partial charge in [0.1, 0.15) is 30.4 Å². The fraction of sp³-hybridized carbons (Fsp3) is 0.240. The number of carbonyl (C=O) groups excluding carboxylic acids is 1. The van der Waals surface area contributed by atoms with Crippen molar-refractivity contribution in [1.82, 2.24) is 5.32 Å². The van der Waals surface area contributed by atoms with E-state index in [0.717, 1.165) is 10.1 Å². The van der Waals surface area contributed by atoms with Crippen LogP contribution in [0.15, 0.2) is 83.8 Å². The molecule has 0 unspecified atom stereocenters. The number of carbonyl (C=O) groups is 1. The predicted octanol–water partition coefficient (Wildman–Crippen LogP) is 3.48. The van der Waals surface area contributed by atoms with E-state index >= 15 is 0 Å². The van der Waals surface area contributed by atoms with E-state index in [9.17, 15) is 13.2 Å². The van der Waals surface area contributed by atoms with Gasteiger partial charge in [0.25, 0.3) is 10.0 Å². The van der Waals surface area contributed by atoms with Crippen molar-refractivity contribution in [3.63, 3.8) is 0 Å². The molecule has 0 aliphatic carbocycles. The number of ether oxygens (including phenoxy) is 3. The maximum absolute atomic E-state index is 13.3. The summed E-state index contributed by atoms with van der Waals surface area (Å²) in [6, 6.07) is 21.7. The lowest BCUT2D eigenvalue weighted by Crippen LogP contribution is -2.41. The molecule has 1 amide bonds. The van der Waals surface area contributed by atoms with Gasteiger partial charge in [-0.2, -0.15) is 0 Å². The van der Waals surface area contributed by atoms with Gasteiger partial charge in [0.15, 0.2) is 0 Å². The largest absolute Gasteiger partial charge is 0.497 e. The number of rotatable bonds is 12. The van der Waals surface area contributed by atoms with Crippen LogP contribution in [0.25, 0.3) is 0 Å².